The van der Waals surface area contributed by atoms with Gasteiger partial charge in [0.15, 0.2) is 11.5 Å². The molecule has 1 amide bonds. The van der Waals surface area contributed by atoms with Crippen LogP contribution < -0.4 is 9.47 Å². The second-order valence-electron chi connectivity index (χ2n) is 5.69. The average molecular weight is 307 g/mol. The zero-order valence-corrected chi connectivity index (χ0v) is 12.9. The SMILES string of the molecule is CC(C)CN(CC(=O)O)C(=O)c1ccc2c(c1)OCCCO2. The number of carboxylic acid groups (broad SMARTS) is 1. The lowest BCUT2D eigenvalue weighted by Crippen LogP contribution is -2.38. The van der Waals surface area contributed by atoms with E-state index in [0.717, 1.165) is 6.42 Å². The average Bonchev–Trinajstić information content (AvgIpc) is 2.69. The molecule has 2 rings (SSSR count). The van der Waals surface area contributed by atoms with Crippen LogP contribution in [-0.4, -0.2) is 48.2 Å². The molecule has 6 nitrogen and oxygen atoms in total. The van der Waals surface area contributed by atoms with Crippen LogP contribution in [0.2, 0.25) is 0 Å². The maximum Gasteiger partial charge on any atom is 0.323 e. The van der Waals surface area contributed by atoms with Crippen LogP contribution in [0.15, 0.2) is 18.2 Å². The van der Waals surface area contributed by atoms with Crippen LogP contribution >= 0.6 is 0 Å². The Bertz CT molecular complexity index is 555. The molecular weight excluding hydrogens is 286 g/mol. The van der Waals surface area contributed by atoms with Crippen molar-refractivity contribution in [2.45, 2.75) is 20.3 Å². The lowest BCUT2D eigenvalue weighted by atomic mass is 10.1. The van der Waals surface area contributed by atoms with Gasteiger partial charge < -0.3 is 19.5 Å². The molecule has 6 heteroatoms. The molecule has 1 aromatic rings. The van der Waals surface area contributed by atoms with Gasteiger partial charge in [-0.1, -0.05) is 13.8 Å². The molecule has 0 saturated carbocycles. The fraction of sp³-hybridized carbons (Fsp3) is 0.500. The second-order valence-corrected chi connectivity index (χ2v) is 5.69. The largest absolute Gasteiger partial charge is 0.490 e. The maximum absolute atomic E-state index is 12.6. The zero-order chi connectivity index (χ0) is 16.1. The number of hydrogen-bond acceptors (Lipinski definition) is 4. The minimum Gasteiger partial charge on any atom is -0.490 e. The third-order valence-corrected chi connectivity index (χ3v) is 3.19. The van der Waals surface area contributed by atoms with E-state index in [2.05, 4.69) is 0 Å². The standard InChI is InChI=1S/C16H21NO5/c1-11(2)9-17(10-15(18)19)16(20)12-4-5-13-14(8-12)22-7-3-6-21-13/h4-5,8,11H,3,6-7,9-10H2,1-2H3,(H,18,19). The van der Waals surface area contributed by atoms with Gasteiger partial charge in [-0.05, 0) is 24.1 Å². The highest BCUT2D eigenvalue weighted by Gasteiger charge is 2.21. The predicted molar refractivity (Wildman–Crippen MR) is 80.4 cm³/mol. The molecule has 1 aromatic carbocycles. The van der Waals surface area contributed by atoms with Gasteiger partial charge in [-0.3, -0.25) is 9.59 Å². The minimum atomic E-state index is -1.02. The number of carbonyl (C=O) groups is 2. The van der Waals surface area contributed by atoms with Crippen LogP contribution in [-0.2, 0) is 4.79 Å². The quantitative estimate of drug-likeness (QED) is 0.900. The topological polar surface area (TPSA) is 76.1 Å². The molecule has 0 unspecified atom stereocenters. The molecule has 120 valence electrons. The summed E-state index contributed by atoms with van der Waals surface area (Å²) in [5, 5.41) is 8.98. The van der Waals surface area contributed by atoms with E-state index in [4.69, 9.17) is 14.6 Å². The first-order chi connectivity index (χ1) is 10.5. The Kier molecular flexibility index (Phi) is 5.25. The summed E-state index contributed by atoms with van der Waals surface area (Å²) >= 11 is 0. The van der Waals surface area contributed by atoms with E-state index in [1.165, 1.54) is 4.90 Å². The first-order valence-corrected chi connectivity index (χ1v) is 7.38. The molecule has 22 heavy (non-hydrogen) atoms. The molecule has 0 saturated heterocycles. The van der Waals surface area contributed by atoms with E-state index in [1.807, 2.05) is 13.8 Å². The highest BCUT2D eigenvalue weighted by atomic mass is 16.5. The summed E-state index contributed by atoms with van der Waals surface area (Å²) in [6.45, 7) is 5.07. The number of ether oxygens (including phenoxy) is 2. The number of fused-ring (bicyclic) bond motifs is 1. The highest BCUT2D eigenvalue weighted by molar-refractivity contribution is 5.96. The summed E-state index contributed by atoms with van der Waals surface area (Å²) in [6, 6.07) is 4.96. The van der Waals surface area contributed by atoms with Crippen LogP contribution in [0.4, 0.5) is 0 Å². The number of nitrogens with zero attached hydrogens (tertiary/aromatic N) is 1. The Hall–Kier alpha value is -2.24. The third-order valence-electron chi connectivity index (χ3n) is 3.19. The summed E-state index contributed by atoms with van der Waals surface area (Å²) in [5.74, 6) is -0.00957. The van der Waals surface area contributed by atoms with E-state index in [0.29, 0.717) is 36.8 Å². The molecule has 0 aromatic heterocycles. The molecule has 1 heterocycles. The van der Waals surface area contributed by atoms with Gasteiger partial charge in [0.2, 0.25) is 0 Å². The lowest BCUT2D eigenvalue weighted by molar-refractivity contribution is -0.137. The molecule has 0 aliphatic carbocycles. The van der Waals surface area contributed by atoms with Gasteiger partial charge in [0, 0.05) is 18.5 Å². The van der Waals surface area contributed by atoms with Crippen molar-refractivity contribution in [3.8, 4) is 11.5 Å². The number of rotatable bonds is 5. The van der Waals surface area contributed by atoms with E-state index < -0.39 is 5.97 Å². The Morgan fingerprint density at radius 3 is 2.55 bits per heavy atom. The van der Waals surface area contributed by atoms with Gasteiger partial charge in [-0.25, -0.2) is 0 Å². The van der Waals surface area contributed by atoms with Gasteiger partial charge in [0.25, 0.3) is 5.91 Å². The fourth-order valence-electron chi connectivity index (χ4n) is 2.30. The molecule has 0 atom stereocenters. The number of hydrogen-bond donors (Lipinski definition) is 1. The van der Waals surface area contributed by atoms with Crippen molar-refractivity contribution in [2.24, 2.45) is 5.92 Å². The molecule has 1 aliphatic heterocycles. The van der Waals surface area contributed by atoms with Crippen LogP contribution in [0.25, 0.3) is 0 Å². The minimum absolute atomic E-state index is 0.184. The summed E-state index contributed by atoms with van der Waals surface area (Å²) in [4.78, 5) is 24.9. The molecule has 1 N–H and O–H groups in total. The molecule has 1 aliphatic rings. The van der Waals surface area contributed by atoms with Crippen molar-refractivity contribution in [3.05, 3.63) is 23.8 Å². The van der Waals surface area contributed by atoms with Crippen molar-refractivity contribution in [1.82, 2.24) is 4.90 Å². The van der Waals surface area contributed by atoms with Crippen LogP contribution in [0.5, 0.6) is 11.5 Å². The van der Waals surface area contributed by atoms with Gasteiger partial charge in [0.05, 0.1) is 13.2 Å². The van der Waals surface area contributed by atoms with Gasteiger partial charge >= 0.3 is 5.97 Å². The molecule has 0 bridgehead atoms. The smallest absolute Gasteiger partial charge is 0.323 e. The summed E-state index contributed by atoms with van der Waals surface area (Å²) in [7, 11) is 0. The maximum atomic E-state index is 12.6. The van der Waals surface area contributed by atoms with E-state index in [-0.39, 0.29) is 18.4 Å². The Morgan fingerprint density at radius 1 is 1.23 bits per heavy atom. The summed E-state index contributed by atoms with van der Waals surface area (Å²) in [5.41, 5.74) is 0.408. The number of benzene rings is 1. The molecule has 0 fully saturated rings. The van der Waals surface area contributed by atoms with Crippen molar-refractivity contribution >= 4 is 11.9 Å². The number of aliphatic carboxylic acids is 1. The predicted octanol–water partition coefficient (Wildman–Crippen LogP) is 2.03. The highest BCUT2D eigenvalue weighted by Crippen LogP contribution is 2.30. The van der Waals surface area contributed by atoms with E-state index >= 15 is 0 Å². The molecule has 0 spiro atoms. The van der Waals surface area contributed by atoms with Crippen molar-refractivity contribution in [2.75, 3.05) is 26.3 Å². The van der Waals surface area contributed by atoms with E-state index in [9.17, 15) is 9.59 Å². The third kappa shape index (κ3) is 4.13. The van der Waals surface area contributed by atoms with E-state index in [1.54, 1.807) is 18.2 Å². The van der Waals surface area contributed by atoms with Gasteiger partial charge in [0.1, 0.15) is 6.54 Å². The summed E-state index contributed by atoms with van der Waals surface area (Å²) < 4.78 is 11.1. The van der Waals surface area contributed by atoms with Crippen molar-refractivity contribution < 1.29 is 24.2 Å². The first-order valence-electron chi connectivity index (χ1n) is 7.38. The first kappa shape index (κ1) is 16.1. The summed E-state index contributed by atoms with van der Waals surface area (Å²) in [6.07, 6.45) is 0.788. The van der Waals surface area contributed by atoms with Crippen LogP contribution in [0.3, 0.4) is 0 Å². The molecule has 0 radical (unpaired) electrons. The van der Waals surface area contributed by atoms with Crippen LogP contribution in [0, 0.1) is 5.92 Å². The number of carboxylic acids is 1. The normalized spacial score (nSPS) is 13.6. The van der Waals surface area contributed by atoms with Crippen LogP contribution in [0.1, 0.15) is 30.6 Å². The zero-order valence-electron chi connectivity index (χ0n) is 12.9. The van der Waals surface area contributed by atoms with Gasteiger partial charge in [-0.2, -0.15) is 0 Å². The molecular formula is C16H21NO5. The van der Waals surface area contributed by atoms with Gasteiger partial charge in [-0.15, -0.1) is 0 Å². The Labute approximate surface area is 129 Å². The monoisotopic (exact) mass is 307 g/mol. The van der Waals surface area contributed by atoms with Crippen molar-refractivity contribution in [1.29, 1.82) is 0 Å². The Balaban J connectivity index is 2.22. The fourth-order valence-corrected chi connectivity index (χ4v) is 2.30. The second kappa shape index (κ2) is 7.15. The number of amides is 1. The Morgan fingerprint density at radius 2 is 1.91 bits per heavy atom. The lowest BCUT2D eigenvalue weighted by Gasteiger charge is -2.23. The van der Waals surface area contributed by atoms with Crippen molar-refractivity contribution in [3.63, 3.8) is 0 Å². The number of carbonyl (C=O) groups excluding carboxylic acids is 1.